The molecule has 0 rings (SSSR count). The molecule has 0 aromatic heterocycles. The number of ketones is 1. The third-order valence-corrected chi connectivity index (χ3v) is 1.23. The van der Waals surface area contributed by atoms with Crippen molar-refractivity contribution in [2.24, 2.45) is 5.73 Å². The first-order chi connectivity index (χ1) is 5.50. The monoisotopic (exact) mass is 171 g/mol. The average molecular weight is 171 g/mol. The van der Waals surface area contributed by atoms with Gasteiger partial charge in [-0.2, -0.15) is 0 Å². The van der Waals surface area contributed by atoms with E-state index >= 15 is 0 Å². The number of ether oxygens (including phenoxy) is 1. The van der Waals surface area contributed by atoms with Crippen LogP contribution in [0.5, 0.6) is 0 Å². The molecule has 0 fully saturated rings. The van der Waals surface area contributed by atoms with Gasteiger partial charge in [0.05, 0.1) is 6.61 Å². The normalized spacial score (nSPS) is 11.9. The van der Waals surface area contributed by atoms with Gasteiger partial charge in [0.2, 0.25) is 0 Å². The highest BCUT2D eigenvalue weighted by molar-refractivity contribution is 6.16. The smallest absolute Gasteiger partial charge is 0.343 e. The van der Waals surface area contributed by atoms with Crippen LogP contribution in [0.2, 0.25) is 0 Å². The minimum Gasteiger partial charge on any atom is -0.462 e. The number of carbonyl (C=O) groups excluding carboxylic acids is 2. The van der Waals surface area contributed by atoms with Gasteiger partial charge in [0, 0.05) is 5.70 Å². The number of allylic oxidation sites excluding steroid dienone is 1. The maximum absolute atomic E-state index is 11.0. The van der Waals surface area contributed by atoms with Crippen LogP contribution in [-0.2, 0) is 14.3 Å². The molecule has 0 saturated heterocycles. The summed E-state index contributed by atoms with van der Waals surface area (Å²) in [7, 11) is 0. The number of Topliss-reactive ketones (excluding diaryl/α,β-unsaturated/α-hetero) is 1. The number of hydrogen-bond acceptors (Lipinski definition) is 4. The second-order valence-electron chi connectivity index (χ2n) is 2.33. The van der Waals surface area contributed by atoms with Crippen LogP contribution in [0, 0.1) is 0 Å². The van der Waals surface area contributed by atoms with Crippen LogP contribution in [0.1, 0.15) is 20.8 Å². The Balaban J connectivity index is 4.67. The van der Waals surface area contributed by atoms with Gasteiger partial charge in [-0.25, -0.2) is 4.79 Å². The molecule has 4 nitrogen and oxygen atoms in total. The standard InChI is InChI=1S/C8H13NO3/c1-4-12-8(11)7(5(2)9)6(3)10/h4,9H2,1-3H3/b7-5-. The van der Waals surface area contributed by atoms with Crippen molar-refractivity contribution < 1.29 is 14.3 Å². The van der Waals surface area contributed by atoms with Gasteiger partial charge in [-0.15, -0.1) is 0 Å². The molecular formula is C8H13NO3. The lowest BCUT2D eigenvalue weighted by atomic mass is 10.1. The summed E-state index contributed by atoms with van der Waals surface area (Å²) in [6.07, 6.45) is 0. The van der Waals surface area contributed by atoms with Gasteiger partial charge in [0.15, 0.2) is 5.78 Å². The molecular weight excluding hydrogens is 158 g/mol. The molecule has 0 radical (unpaired) electrons. The second-order valence-corrected chi connectivity index (χ2v) is 2.33. The molecule has 0 aliphatic rings. The van der Waals surface area contributed by atoms with Gasteiger partial charge in [0.1, 0.15) is 5.57 Å². The maximum Gasteiger partial charge on any atom is 0.343 e. The van der Waals surface area contributed by atoms with Crippen LogP contribution >= 0.6 is 0 Å². The van der Waals surface area contributed by atoms with Crippen LogP contribution in [0.25, 0.3) is 0 Å². The van der Waals surface area contributed by atoms with Crippen LogP contribution in [-0.4, -0.2) is 18.4 Å². The lowest BCUT2D eigenvalue weighted by Gasteiger charge is -2.04. The van der Waals surface area contributed by atoms with E-state index in [1.54, 1.807) is 6.92 Å². The Labute approximate surface area is 71.4 Å². The van der Waals surface area contributed by atoms with Gasteiger partial charge in [-0.1, -0.05) is 0 Å². The molecule has 0 atom stereocenters. The highest BCUT2D eigenvalue weighted by Gasteiger charge is 2.17. The number of rotatable bonds is 3. The average Bonchev–Trinajstić information content (AvgIpc) is 1.85. The third kappa shape index (κ3) is 2.74. The van der Waals surface area contributed by atoms with Crippen molar-refractivity contribution in [3.05, 3.63) is 11.3 Å². The van der Waals surface area contributed by atoms with E-state index in [-0.39, 0.29) is 23.7 Å². The Morgan fingerprint density at radius 1 is 1.33 bits per heavy atom. The summed E-state index contributed by atoms with van der Waals surface area (Å²) >= 11 is 0. The second kappa shape index (κ2) is 4.54. The molecule has 0 saturated carbocycles. The predicted molar refractivity (Wildman–Crippen MR) is 44.2 cm³/mol. The van der Waals surface area contributed by atoms with Crippen LogP contribution < -0.4 is 5.73 Å². The predicted octanol–water partition coefficient (Wildman–Crippen LogP) is 0.371. The van der Waals surface area contributed by atoms with E-state index in [0.717, 1.165) is 0 Å². The number of carbonyl (C=O) groups is 2. The summed E-state index contributed by atoms with van der Waals surface area (Å²) < 4.78 is 4.63. The van der Waals surface area contributed by atoms with E-state index in [1.165, 1.54) is 13.8 Å². The summed E-state index contributed by atoms with van der Waals surface area (Å²) in [5.41, 5.74) is 5.46. The Morgan fingerprint density at radius 2 is 1.83 bits per heavy atom. The molecule has 12 heavy (non-hydrogen) atoms. The molecule has 0 heterocycles. The van der Waals surface area contributed by atoms with E-state index < -0.39 is 5.97 Å². The number of esters is 1. The molecule has 0 aliphatic carbocycles. The quantitative estimate of drug-likeness (QED) is 0.288. The minimum atomic E-state index is -0.648. The Bertz CT molecular complexity index is 226. The topological polar surface area (TPSA) is 69.4 Å². The first kappa shape index (κ1) is 10.7. The molecule has 0 aliphatic heterocycles. The first-order valence-electron chi connectivity index (χ1n) is 3.65. The Kier molecular flexibility index (Phi) is 4.04. The fraction of sp³-hybridized carbons (Fsp3) is 0.500. The Hall–Kier alpha value is -1.32. The fourth-order valence-corrected chi connectivity index (χ4v) is 0.786. The highest BCUT2D eigenvalue weighted by Crippen LogP contribution is 2.03. The zero-order valence-electron chi connectivity index (χ0n) is 7.51. The molecule has 0 aromatic rings. The van der Waals surface area contributed by atoms with E-state index in [1.807, 2.05) is 0 Å². The van der Waals surface area contributed by atoms with Crippen molar-refractivity contribution in [2.45, 2.75) is 20.8 Å². The van der Waals surface area contributed by atoms with E-state index in [2.05, 4.69) is 4.74 Å². The van der Waals surface area contributed by atoms with Crippen molar-refractivity contribution in [1.29, 1.82) is 0 Å². The van der Waals surface area contributed by atoms with Gasteiger partial charge >= 0.3 is 5.97 Å². The zero-order valence-corrected chi connectivity index (χ0v) is 7.51. The number of nitrogens with two attached hydrogens (primary N) is 1. The highest BCUT2D eigenvalue weighted by atomic mass is 16.5. The lowest BCUT2D eigenvalue weighted by Crippen LogP contribution is -2.18. The van der Waals surface area contributed by atoms with Crippen LogP contribution in [0.15, 0.2) is 11.3 Å². The van der Waals surface area contributed by atoms with Crippen LogP contribution in [0.3, 0.4) is 0 Å². The van der Waals surface area contributed by atoms with Gasteiger partial charge in [-0.05, 0) is 20.8 Å². The van der Waals surface area contributed by atoms with Crippen molar-refractivity contribution >= 4 is 11.8 Å². The van der Waals surface area contributed by atoms with Crippen molar-refractivity contribution in [3.8, 4) is 0 Å². The molecule has 4 heteroatoms. The number of hydrogen-bond donors (Lipinski definition) is 1. The Morgan fingerprint density at radius 3 is 2.08 bits per heavy atom. The van der Waals surface area contributed by atoms with E-state index in [4.69, 9.17) is 5.73 Å². The van der Waals surface area contributed by atoms with Crippen molar-refractivity contribution in [3.63, 3.8) is 0 Å². The van der Waals surface area contributed by atoms with Gasteiger partial charge in [0.25, 0.3) is 0 Å². The molecule has 0 bridgehead atoms. The third-order valence-electron chi connectivity index (χ3n) is 1.23. The molecule has 0 spiro atoms. The molecule has 0 aromatic carbocycles. The molecule has 0 unspecified atom stereocenters. The first-order valence-corrected chi connectivity index (χ1v) is 3.65. The fourth-order valence-electron chi connectivity index (χ4n) is 0.786. The zero-order chi connectivity index (χ0) is 9.72. The largest absolute Gasteiger partial charge is 0.462 e. The minimum absolute atomic E-state index is 0.0585. The van der Waals surface area contributed by atoms with Gasteiger partial charge in [-0.3, -0.25) is 4.79 Å². The van der Waals surface area contributed by atoms with E-state index in [9.17, 15) is 9.59 Å². The summed E-state index contributed by atoms with van der Waals surface area (Å²) in [4.78, 5) is 21.9. The summed E-state index contributed by atoms with van der Waals surface area (Å²) in [5.74, 6) is -1.02. The molecule has 2 N–H and O–H groups in total. The van der Waals surface area contributed by atoms with Crippen molar-refractivity contribution in [2.75, 3.05) is 6.61 Å². The summed E-state index contributed by atoms with van der Waals surface area (Å²) in [6.45, 7) is 4.68. The van der Waals surface area contributed by atoms with E-state index in [0.29, 0.717) is 0 Å². The lowest BCUT2D eigenvalue weighted by molar-refractivity contribution is -0.139. The maximum atomic E-state index is 11.0. The molecule has 68 valence electrons. The summed E-state index contributed by atoms with van der Waals surface area (Å²) in [6, 6.07) is 0. The summed E-state index contributed by atoms with van der Waals surface area (Å²) in [5, 5.41) is 0. The molecule has 0 amide bonds. The van der Waals surface area contributed by atoms with Gasteiger partial charge < -0.3 is 10.5 Å². The van der Waals surface area contributed by atoms with Crippen LogP contribution in [0.4, 0.5) is 0 Å². The SMILES string of the molecule is CCOC(=O)/C(C(C)=O)=C(/C)N. The van der Waals surface area contributed by atoms with Crippen molar-refractivity contribution in [1.82, 2.24) is 0 Å².